The van der Waals surface area contributed by atoms with Crippen molar-refractivity contribution < 1.29 is 27.9 Å². The Morgan fingerprint density at radius 2 is 1.56 bits per heavy atom. The van der Waals surface area contributed by atoms with Crippen LogP contribution in [0.4, 0.5) is 25.8 Å². The molecule has 4 rings (SSSR count). The quantitative estimate of drug-likeness (QED) is 0.166. The van der Waals surface area contributed by atoms with Gasteiger partial charge in [0.2, 0.25) is 5.91 Å². The van der Waals surface area contributed by atoms with E-state index in [1.165, 1.54) is 37.4 Å². The molecule has 7 nitrogen and oxygen atoms in total. The molecule has 0 aromatic heterocycles. The van der Waals surface area contributed by atoms with Crippen molar-refractivity contribution in [1.29, 1.82) is 0 Å². The second-order valence-corrected chi connectivity index (χ2v) is 11.9. The molecular formula is C26H17Cl6F2N3O4. The summed E-state index contributed by atoms with van der Waals surface area (Å²) in [5.74, 6) is -6.13. The molecule has 1 aliphatic carbocycles. The Morgan fingerprint density at radius 1 is 0.902 bits per heavy atom. The predicted octanol–water partition coefficient (Wildman–Crippen LogP) is 7.94. The average molecular weight is 686 g/mol. The Kier molecular flexibility index (Phi) is 9.60. The highest BCUT2D eigenvalue weighted by Crippen LogP contribution is 2.65. The number of rotatable bonds is 8. The van der Waals surface area contributed by atoms with Crippen molar-refractivity contribution in [1.82, 2.24) is 0 Å². The number of carbonyl (C=O) groups is 3. The normalized spacial score (nSPS) is 17.1. The molecule has 0 heterocycles. The Balaban J connectivity index is 1.52. The number of anilines is 3. The highest BCUT2D eigenvalue weighted by Gasteiger charge is 2.67. The Labute approximate surface area is 262 Å². The molecule has 1 fully saturated rings. The lowest BCUT2D eigenvalue weighted by atomic mass is 10.1. The zero-order valence-electron chi connectivity index (χ0n) is 20.6. The van der Waals surface area contributed by atoms with Crippen molar-refractivity contribution in [2.45, 2.75) is 10.3 Å². The molecule has 3 N–H and O–H groups in total. The van der Waals surface area contributed by atoms with Gasteiger partial charge in [0.05, 0.1) is 37.3 Å². The number of nitrogens with one attached hydrogen (secondary N) is 3. The van der Waals surface area contributed by atoms with Crippen LogP contribution in [0, 0.1) is 17.6 Å². The highest BCUT2D eigenvalue weighted by atomic mass is 35.5. The SMILES string of the molecule is COCC(=O)Nc1c(F)ccc(NC(=O)c2cc(NC(=O)[C@H]3[C@H](c4cc(Cl)c(Cl)c(Cl)c4)C3(Cl)Cl)ccc2Cl)c1F. The fourth-order valence-corrected chi connectivity index (χ4v) is 5.72. The second kappa shape index (κ2) is 12.5. The van der Waals surface area contributed by atoms with Crippen LogP contribution in [-0.2, 0) is 14.3 Å². The Bertz CT molecular complexity index is 1550. The van der Waals surface area contributed by atoms with E-state index in [9.17, 15) is 23.2 Å². The highest BCUT2D eigenvalue weighted by molar-refractivity contribution is 6.54. The van der Waals surface area contributed by atoms with Crippen LogP contribution in [0.2, 0.25) is 20.1 Å². The molecule has 3 aromatic carbocycles. The van der Waals surface area contributed by atoms with E-state index >= 15 is 0 Å². The topological polar surface area (TPSA) is 96.5 Å². The van der Waals surface area contributed by atoms with Gasteiger partial charge in [0.25, 0.3) is 11.8 Å². The van der Waals surface area contributed by atoms with Gasteiger partial charge in [0.15, 0.2) is 5.82 Å². The van der Waals surface area contributed by atoms with Gasteiger partial charge in [0, 0.05) is 18.7 Å². The summed E-state index contributed by atoms with van der Waals surface area (Å²) in [6.45, 7) is -0.444. The maximum atomic E-state index is 14.9. The molecule has 1 aliphatic rings. The van der Waals surface area contributed by atoms with Crippen LogP contribution in [0.15, 0.2) is 42.5 Å². The molecule has 15 heteroatoms. The van der Waals surface area contributed by atoms with Crippen LogP contribution in [0.25, 0.3) is 0 Å². The van der Waals surface area contributed by atoms with Gasteiger partial charge in [0.1, 0.15) is 22.4 Å². The van der Waals surface area contributed by atoms with Crippen molar-refractivity contribution in [2.24, 2.45) is 5.92 Å². The lowest BCUT2D eigenvalue weighted by Crippen LogP contribution is -2.20. The molecule has 0 saturated heterocycles. The molecule has 41 heavy (non-hydrogen) atoms. The number of ether oxygens (including phenoxy) is 1. The van der Waals surface area contributed by atoms with E-state index < -0.39 is 63.5 Å². The van der Waals surface area contributed by atoms with Crippen LogP contribution in [-0.4, -0.2) is 35.8 Å². The van der Waals surface area contributed by atoms with Gasteiger partial charge in [-0.05, 0) is 48.0 Å². The van der Waals surface area contributed by atoms with E-state index in [2.05, 4.69) is 15.4 Å². The molecule has 216 valence electrons. The third kappa shape index (κ3) is 6.67. The number of alkyl halides is 2. The molecular weight excluding hydrogens is 669 g/mol. The zero-order chi connectivity index (χ0) is 30.2. The lowest BCUT2D eigenvalue weighted by molar-refractivity contribution is -0.119. The average Bonchev–Trinajstić information content (AvgIpc) is 3.49. The van der Waals surface area contributed by atoms with Gasteiger partial charge in [-0.3, -0.25) is 14.4 Å². The number of hydrogen-bond acceptors (Lipinski definition) is 4. The lowest BCUT2D eigenvalue weighted by Gasteiger charge is -2.13. The minimum atomic E-state index is -1.48. The maximum Gasteiger partial charge on any atom is 0.257 e. The summed E-state index contributed by atoms with van der Waals surface area (Å²) < 4.78 is 32.2. The van der Waals surface area contributed by atoms with E-state index in [0.29, 0.717) is 5.56 Å². The van der Waals surface area contributed by atoms with Crippen LogP contribution in [0.3, 0.4) is 0 Å². The second-order valence-electron chi connectivity index (χ2n) is 8.83. The first kappa shape index (κ1) is 31.6. The largest absolute Gasteiger partial charge is 0.375 e. The summed E-state index contributed by atoms with van der Waals surface area (Å²) in [5, 5.41) is 7.39. The van der Waals surface area contributed by atoms with Crippen molar-refractivity contribution in [3.63, 3.8) is 0 Å². The molecule has 0 spiro atoms. The summed E-state index contributed by atoms with van der Waals surface area (Å²) in [6, 6.07) is 8.86. The first-order valence-corrected chi connectivity index (χ1v) is 13.7. The van der Waals surface area contributed by atoms with Gasteiger partial charge >= 0.3 is 0 Å². The van der Waals surface area contributed by atoms with Gasteiger partial charge in [-0.1, -0.05) is 46.4 Å². The molecule has 0 unspecified atom stereocenters. The number of benzene rings is 3. The molecule has 0 radical (unpaired) electrons. The Hall–Kier alpha value is -2.37. The van der Waals surface area contributed by atoms with Crippen LogP contribution in [0.1, 0.15) is 21.8 Å². The van der Waals surface area contributed by atoms with Gasteiger partial charge < -0.3 is 20.7 Å². The summed E-state index contributed by atoms with van der Waals surface area (Å²) in [6.07, 6.45) is 0. The van der Waals surface area contributed by atoms with E-state index in [-0.39, 0.29) is 31.3 Å². The summed E-state index contributed by atoms with van der Waals surface area (Å²) in [7, 11) is 1.24. The molecule has 2 atom stereocenters. The van der Waals surface area contributed by atoms with E-state index in [0.717, 1.165) is 12.1 Å². The number of halogens is 8. The smallest absolute Gasteiger partial charge is 0.257 e. The van der Waals surface area contributed by atoms with Crippen LogP contribution < -0.4 is 16.0 Å². The first-order chi connectivity index (χ1) is 19.3. The van der Waals surface area contributed by atoms with Gasteiger partial charge in [-0.2, -0.15) is 0 Å². The molecule has 0 bridgehead atoms. The summed E-state index contributed by atoms with van der Waals surface area (Å²) >= 11 is 37.2. The third-order valence-corrected chi connectivity index (χ3v) is 8.53. The first-order valence-electron chi connectivity index (χ1n) is 11.5. The third-order valence-electron chi connectivity index (χ3n) is 6.06. The Morgan fingerprint density at radius 3 is 2.20 bits per heavy atom. The van der Waals surface area contributed by atoms with Crippen LogP contribution in [0.5, 0.6) is 0 Å². The fraction of sp³-hybridized carbons (Fsp3) is 0.192. The van der Waals surface area contributed by atoms with Gasteiger partial charge in [-0.15, -0.1) is 23.2 Å². The monoisotopic (exact) mass is 683 g/mol. The van der Waals surface area contributed by atoms with Crippen molar-refractivity contribution >= 4 is 104 Å². The fourth-order valence-electron chi connectivity index (χ4n) is 4.08. The number of carbonyl (C=O) groups excluding carboxylic acids is 3. The minimum Gasteiger partial charge on any atom is -0.375 e. The zero-order valence-corrected chi connectivity index (χ0v) is 25.1. The predicted molar refractivity (Wildman–Crippen MR) is 157 cm³/mol. The van der Waals surface area contributed by atoms with Gasteiger partial charge in [-0.25, -0.2) is 8.78 Å². The van der Waals surface area contributed by atoms with E-state index in [1.807, 2.05) is 5.32 Å². The number of hydrogen-bond donors (Lipinski definition) is 3. The van der Waals surface area contributed by atoms with Crippen LogP contribution >= 0.6 is 69.6 Å². The number of amides is 3. The van der Waals surface area contributed by atoms with Crippen molar-refractivity contribution in [3.05, 3.63) is 85.3 Å². The minimum absolute atomic E-state index is 0.0320. The summed E-state index contributed by atoms with van der Waals surface area (Å²) in [4.78, 5) is 37.8. The maximum absolute atomic E-state index is 14.9. The standard InChI is InChI=1S/C26H17Cl6F2N3O4/c1-41-9-18(38)37-23-16(33)4-5-17(22(23)34)36-24(39)12-8-11(2-3-13(12)27)35-25(40)20-19(26(20,31)32)10-6-14(28)21(30)15(29)7-10/h2-8,19-20H,9H2,1H3,(H,35,40)(H,36,39)(H,37,38)/t19-,20+/m0/s1. The van der Waals surface area contributed by atoms with E-state index in [1.54, 1.807) is 0 Å². The molecule has 0 aliphatic heterocycles. The van der Waals surface area contributed by atoms with Crippen molar-refractivity contribution in [2.75, 3.05) is 29.7 Å². The molecule has 3 aromatic rings. The number of methoxy groups -OCH3 is 1. The molecule has 3 amide bonds. The molecule has 1 saturated carbocycles. The van der Waals surface area contributed by atoms with Crippen molar-refractivity contribution in [3.8, 4) is 0 Å². The summed E-state index contributed by atoms with van der Waals surface area (Å²) in [5.41, 5.74) is -0.706. The van der Waals surface area contributed by atoms with E-state index in [4.69, 9.17) is 69.6 Å².